The summed E-state index contributed by atoms with van der Waals surface area (Å²) in [5, 5.41) is 2.86. The van der Waals surface area contributed by atoms with Crippen molar-refractivity contribution >= 4 is 67.8 Å². The van der Waals surface area contributed by atoms with Crippen LogP contribution in [0.15, 0.2) is 57.9 Å². The molecule has 2 aromatic rings. The van der Waals surface area contributed by atoms with Gasteiger partial charge in [-0.25, -0.2) is 0 Å². The van der Waals surface area contributed by atoms with E-state index in [0.29, 0.717) is 28.6 Å². The van der Waals surface area contributed by atoms with Gasteiger partial charge in [0.15, 0.2) is 0 Å². The van der Waals surface area contributed by atoms with Crippen LogP contribution in [-0.4, -0.2) is 27.6 Å². The minimum Gasteiger partial charge on any atom is -0.326 e. The summed E-state index contributed by atoms with van der Waals surface area (Å²) in [6, 6.07) is 15.6. The molecule has 1 saturated heterocycles. The third-order valence-electron chi connectivity index (χ3n) is 4.45. The van der Waals surface area contributed by atoms with Gasteiger partial charge in [-0.05, 0) is 48.2 Å². The lowest BCUT2D eigenvalue weighted by molar-refractivity contribution is -0.122. The van der Waals surface area contributed by atoms with Crippen molar-refractivity contribution in [3.8, 4) is 0 Å². The first-order valence-corrected chi connectivity index (χ1v) is 11.4. The van der Waals surface area contributed by atoms with Crippen LogP contribution >= 0.6 is 39.9 Å². The first kappa shape index (κ1) is 21.7. The highest BCUT2D eigenvalue weighted by Gasteiger charge is 2.31. The third-order valence-corrected chi connectivity index (χ3v) is 6.32. The van der Waals surface area contributed by atoms with Gasteiger partial charge >= 0.3 is 0 Å². The summed E-state index contributed by atoms with van der Waals surface area (Å²) in [5.41, 5.74) is 2.99. The molecule has 0 unspecified atom stereocenters. The van der Waals surface area contributed by atoms with Gasteiger partial charge in [0.25, 0.3) is 5.91 Å². The Balaban J connectivity index is 1.53. The van der Waals surface area contributed by atoms with Gasteiger partial charge in [-0.1, -0.05) is 77.2 Å². The quantitative estimate of drug-likeness (QED) is 0.405. The van der Waals surface area contributed by atoms with E-state index in [-0.39, 0.29) is 11.8 Å². The van der Waals surface area contributed by atoms with Crippen molar-refractivity contribution in [3.05, 3.63) is 69.0 Å². The standard InChI is InChI=1S/C22H21BrN2O2S2/c1-2-15-8-10-16(11-9-15)13-19-21(27)25(22(28)29-19)12-4-7-20(26)24-18-6-3-5-17(23)14-18/h3,5-6,8-11,13-14H,2,4,7,12H2,1H3,(H,24,26)/b19-13+. The van der Waals surface area contributed by atoms with Crippen LogP contribution in [0.3, 0.4) is 0 Å². The smallest absolute Gasteiger partial charge is 0.266 e. The van der Waals surface area contributed by atoms with E-state index in [0.717, 1.165) is 22.1 Å². The second kappa shape index (κ2) is 10.2. The zero-order valence-electron chi connectivity index (χ0n) is 16.0. The maximum atomic E-state index is 12.7. The van der Waals surface area contributed by atoms with Gasteiger partial charge in [0.2, 0.25) is 5.91 Å². The molecule has 0 radical (unpaired) electrons. The minimum atomic E-state index is -0.0908. The Hall–Kier alpha value is -1.96. The number of thiocarbonyl (C=S) groups is 1. The highest BCUT2D eigenvalue weighted by atomic mass is 79.9. The predicted octanol–water partition coefficient (Wildman–Crippen LogP) is 5.63. The summed E-state index contributed by atoms with van der Waals surface area (Å²) in [6.45, 7) is 2.54. The molecular weight excluding hydrogens is 468 g/mol. The summed E-state index contributed by atoms with van der Waals surface area (Å²) in [6.07, 6.45) is 3.72. The van der Waals surface area contributed by atoms with Crippen molar-refractivity contribution in [2.45, 2.75) is 26.2 Å². The lowest BCUT2D eigenvalue weighted by atomic mass is 10.1. The molecule has 1 fully saturated rings. The largest absolute Gasteiger partial charge is 0.326 e. The normalized spacial score (nSPS) is 15.2. The monoisotopic (exact) mass is 488 g/mol. The Kier molecular flexibility index (Phi) is 7.64. The zero-order valence-corrected chi connectivity index (χ0v) is 19.2. The van der Waals surface area contributed by atoms with E-state index >= 15 is 0 Å². The topological polar surface area (TPSA) is 49.4 Å². The number of aryl methyl sites for hydroxylation is 1. The molecular formula is C22H21BrN2O2S2. The van der Waals surface area contributed by atoms with Crippen LogP contribution in [0.25, 0.3) is 6.08 Å². The van der Waals surface area contributed by atoms with Crippen LogP contribution in [0, 0.1) is 0 Å². The number of nitrogens with zero attached hydrogens (tertiary/aromatic N) is 1. The van der Waals surface area contributed by atoms with E-state index < -0.39 is 0 Å². The van der Waals surface area contributed by atoms with E-state index in [1.807, 2.05) is 42.5 Å². The van der Waals surface area contributed by atoms with Gasteiger partial charge < -0.3 is 5.32 Å². The van der Waals surface area contributed by atoms with Gasteiger partial charge in [0.1, 0.15) is 4.32 Å². The number of halogens is 1. The molecule has 0 spiro atoms. The number of hydrogen-bond donors (Lipinski definition) is 1. The van der Waals surface area contributed by atoms with E-state index in [4.69, 9.17) is 12.2 Å². The van der Waals surface area contributed by atoms with Crippen LogP contribution < -0.4 is 5.32 Å². The molecule has 3 rings (SSSR count). The molecule has 1 aliphatic heterocycles. The highest BCUT2D eigenvalue weighted by Crippen LogP contribution is 2.32. The molecule has 2 aromatic carbocycles. The molecule has 0 aromatic heterocycles. The average molecular weight is 489 g/mol. The average Bonchev–Trinajstić information content (AvgIpc) is 2.96. The van der Waals surface area contributed by atoms with Crippen molar-refractivity contribution in [2.75, 3.05) is 11.9 Å². The Morgan fingerprint density at radius 1 is 1.24 bits per heavy atom. The minimum absolute atomic E-state index is 0.0832. The number of nitrogens with one attached hydrogen (secondary N) is 1. The number of thioether (sulfide) groups is 1. The van der Waals surface area contributed by atoms with Gasteiger partial charge in [-0.2, -0.15) is 0 Å². The van der Waals surface area contributed by atoms with Crippen LogP contribution in [-0.2, 0) is 16.0 Å². The molecule has 1 N–H and O–H groups in total. The molecule has 7 heteroatoms. The molecule has 0 atom stereocenters. The van der Waals surface area contributed by atoms with E-state index in [9.17, 15) is 9.59 Å². The fourth-order valence-electron chi connectivity index (χ4n) is 2.88. The Morgan fingerprint density at radius 3 is 2.69 bits per heavy atom. The number of rotatable bonds is 7. The Bertz CT molecular complexity index is 958. The van der Waals surface area contributed by atoms with E-state index in [2.05, 4.69) is 40.3 Å². The number of benzene rings is 2. The zero-order chi connectivity index (χ0) is 20.8. The van der Waals surface area contributed by atoms with Gasteiger partial charge in [0, 0.05) is 23.1 Å². The van der Waals surface area contributed by atoms with Crippen molar-refractivity contribution < 1.29 is 9.59 Å². The van der Waals surface area contributed by atoms with Gasteiger partial charge in [-0.15, -0.1) is 0 Å². The van der Waals surface area contributed by atoms with Crippen molar-refractivity contribution in [1.82, 2.24) is 4.90 Å². The number of carbonyl (C=O) groups is 2. The number of hydrogen-bond acceptors (Lipinski definition) is 4. The lowest BCUT2D eigenvalue weighted by Gasteiger charge is -2.14. The summed E-state index contributed by atoms with van der Waals surface area (Å²) in [5.74, 6) is -0.174. The molecule has 1 heterocycles. The van der Waals surface area contributed by atoms with Gasteiger partial charge in [0.05, 0.1) is 4.91 Å². The van der Waals surface area contributed by atoms with Crippen LogP contribution in [0.5, 0.6) is 0 Å². The van der Waals surface area contributed by atoms with E-state index in [1.165, 1.54) is 17.3 Å². The maximum absolute atomic E-state index is 12.7. The highest BCUT2D eigenvalue weighted by molar-refractivity contribution is 9.10. The molecule has 4 nitrogen and oxygen atoms in total. The van der Waals surface area contributed by atoms with Gasteiger partial charge in [-0.3, -0.25) is 14.5 Å². The predicted molar refractivity (Wildman–Crippen MR) is 128 cm³/mol. The molecule has 0 aliphatic carbocycles. The summed E-state index contributed by atoms with van der Waals surface area (Å²) >= 11 is 10.1. The lowest BCUT2D eigenvalue weighted by Crippen LogP contribution is -2.29. The Morgan fingerprint density at radius 2 is 2.00 bits per heavy atom. The van der Waals surface area contributed by atoms with Crippen molar-refractivity contribution in [2.24, 2.45) is 0 Å². The number of carbonyl (C=O) groups excluding carboxylic acids is 2. The molecule has 29 heavy (non-hydrogen) atoms. The number of amides is 2. The molecule has 0 bridgehead atoms. The third kappa shape index (κ3) is 6.01. The van der Waals surface area contributed by atoms with Crippen molar-refractivity contribution in [1.29, 1.82) is 0 Å². The van der Waals surface area contributed by atoms with Crippen LogP contribution in [0.1, 0.15) is 30.9 Å². The number of anilines is 1. The van der Waals surface area contributed by atoms with Crippen LogP contribution in [0.4, 0.5) is 5.69 Å². The molecule has 0 saturated carbocycles. The van der Waals surface area contributed by atoms with Crippen LogP contribution in [0.2, 0.25) is 0 Å². The summed E-state index contributed by atoms with van der Waals surface area (Å²) in [7, 11) is 0. The second-order valence-electron chi connectivity index (χ2n) is 6.59. The van der Waals surface area contributed by atoms with Crippen molar-refractivity contribution in [3.63, 3.8) is 0 Å². The SMILES string of the molecule is CCc1ccc(/C=C2/SC(=S)N(CCCC(=O)Nc3cccc(Br)c3)C2=O)cc1. The molecule has 1 aliphatic rings. The fraction of sp³-hybridized carbons (Fsp3) is 0.227. The summed E-state index contributed by atoms with van der Waals surface area (Å²) in [4.78, 5) is 27.0. The fourth-order valence-corrected chi connectivity index (χ4v) is 4.59. The van der Waals surface area contributed by atoms with E-state index in [1.54, 1.807) is 4.90 Å². The first-order valence-electron chi connectivity index (χ1n) is 9.36. The Labute approximate surface area is 188 Å². The summed E-state index contributed by atoms with van der Waals surface area (Å²) < 4.78 is 1.45. The second-order valence-corrected chi connectivity index (χ2v) is 9.18. The molecule has 2 amide bonds. The maximum Gasteiger partial charge on any atom is 0.266 e. The first-order chi connectivity index (χ1) is 14.0. The molecule has 150 valence electrons.